The molecule has 0 aliphatic carbocycles. The van der Waals surface area contributed by atoms with Gasteiger partial charge in [-0.2, -0.15) is 0 Å². The van der Waals surface area contributed by atoms with Crippen molar-refractivity contribution in [2.24, 2.45) is 11.8 Å². The Hall–Kier alpha value is -2.21. The van der Waals surface area contributed by atoms with Gasteiger partial charge in [-0.1, -0.05) is 19.1 Å². The van der Waals surface area contributed by atoms with Gasteiger partial charge in [0.1, 0.15) is 6.33 Å². The lowest BCUT2D eigenvalue weighted by Gasteiger charge is -2.31. The fourth-order valence-corrected chi connectivity index (χ4v) is 2.58. The quantitative estimate of drug-likeness (QED) is 0.882. The van der Waals surface area contributed by atoms with E-state index in [0.29, 0.717) is 5.92 Å². The van der Waals surface area contributed by atoms with Gasteiger partial charge in [0.15, 0.2) is 5.82 Å². The lowest BCUT2D eigenvalue weighted by molar-refractivity contribution is -0.121. The number of benzene rings is 1. The number of hydrogen-bond donors (Lipinski definition) is 2. The highest BCUT2D eigenvalue weighted by Gasteiger charge is 2.28. The van der Waals surface area contributed by atoms with Gasteiger partial charge >= 0.3 is 0 Å². The number of carbonyl (C=O) groups excluding carboxylic acids is 1. The molecule has 1 fully saturated rings. The lowest BCUT2D eigenvalue weighted by Crippen LogP contribution is -2.48. The summed E-state index contributed by atoms with van der Waals surface area (Å²) < 4.78 is 1.98. The number of aromatic nitrogens is 3. The Morgan fingerprint density at radius 1 is 1.50 bits per heavy atom. The fourth-order valence-electron chi connectivity index (χ4n) is 2.58. The van der Waals surface area contributed by atoms with Crippen LogP contribution in [0.2, 0.25) is 0 Å². The summed E-state index contributed by atoms with van der Waals surface area (Å²) in [7, 11) is 0. The zero-order valence-corrected chi connectivity index (χ0v) is 12.9. The Kier molecular flexibility index (Phi) is 4.20. The summed E-state index contributed by atoms with van der Waals surface area (Å²) in [5, 5.41) is 14.3. The maximum absolute atomic E-state index is 12.3. The minimum atomic E-state index is 0.0178. The minimum absolute atomic E-state index is 0.0178. The molecule has 0 spiro atoms. The molecule has 2 heterocycles. The van der Waals surface area contributed by atoms with Crippen LogP contribution in [0.3, 0.4) is 0 Å². The van der Waals surface area contributed by atoms with Crippen molar-refractivity contribution in [2.45, 2.75) is 20.4 Å². The average molecular weight is 299 g/mol. The molecule has 1 unspecified atom stereocenters. The number of carbonyl (C=O) groups is 1. The van der Waals surface area contributed by atoms with E-state index in [1.807, 2.05) is 42.7 Å². The number of hydrogen-bond acceptors (Lipinski definition) is 4. The Balaban J connectivity index is 1.75. The molecule has 1 atom stereocenters. The van der Waals surface area contributed by atoms with Crippen LogP contribution in [0.15, 0.2) is 30.6 Å². The van der Waals surface area contributed by atoms with Crippen LogP contribution >= 0.6 is 0 Å². The molecule has 1 aliphatic rings. The van der Waals surface area contributed by atoms with E-state index in [2.05, 4.69) is 20.8 Å². The number of amides is 1. The minimum Gasteiger partial charge on any atom is -0.326 e. The van der Waals surface area contributed by atoms with Crippen LogP contribution in [0, 0.1) is 11.8 Å². The molecule has 1 saturated heterocycles. The van der Waals surface area contributed by atoms with Crippen molar-refractivity contribution in [2.75, 3.05) is 18.4 Å². The van der Waals surface area contributed by atoms with Gasteiger partial charge in [-0.25, -0.2) is 0 Å². The van der Waals surface area contributed by atoms with Crippen molar-refractivity contribution in [3.63, 3.8) is 0 Å². The third kappa shape index (κ3) is 2.87. The highest BCUT2D eigenvalue weighted by atomic mass is 16.1. The molecule has 0 bridgehead atoms. The van der Waals surface area contributed by atoms with Crippen molar-refractivity contribution in [1.82, 2.24) is 20.1 Å². The molecule has 1 aromatic heterocycles. The van der Waals surface area contributed by atoms with Gasteiger partial charge in [0.25, 0.3) is 0 Å². The summed E-state index contributed by atoms with van der Waals surface area (Å²) >= 11 is 0. The predicted octanol–water partition coefficient (Wildman–Crippen LogP) is 1.76. The smallest absolute Gasteiger partial charge is 0.227 e. The van der Waals surface area contributed by atoms with Crippen LogP contribution in [0.4, 0.5) is 5.69 Å². The van der Waals surface area contributed by atoms with Gasteiger partial charge in [-0.05, 0) is 38.1 Å². The van der Waals surface area contributed by atoms with Crippen LogP contribution in [0.25, 0.3) is 11.4 Å². The Bertz CT molecular complexity index is 662. The van der Waals surface area contributed by atoms with E-state index < -0.39 is 0 Å². The van der Waals surface area contributed by atoms with Gasteiger partial charge in [0.2, 0.25) is 5.91 Å². The monoisotopic (exact) mass is 299 g/mol. The zero-order chi connectivity index (χ0) is 15.5. The molecule has 116 valence electrons. The zero-order valence-electron chi connectivity index (χ0n) is 12.9. The standard InChI is InChI=1S/C16H21N5O/c1-3-21-10-18-20-15(21)12-5-4-6-14(7-12)19-16(22)11(2)13-8-17-9-13/h4-7,10-11,13,17H,3,8-9H2,1-2H3,(H,19,22). The summed E-state index contributed by atoms with van der Waals surface area (Å²) in [6, 6.07) is 7.75. The summed E-state index contributed by atoms with van der Waals surface area (Å²) in [5.41, 5.74) is 1.75. The van der Waals surface area contributed by atoms with Crippen LogP contribution in [0.5, 0.6) is 0 Å². The molecule has 6 heteroatoms. The molecule has 1 amide bonds. The van der Waals surface area contributed by atoms with E-state index in [-0.39, 0.29) is 11.8 Å². The second-order valence-electron chi connectivity index (χ2n) is 5.72. The number of aryl methyl sites for hydroxylation is 1. The van der Waals surface area contributed by atoms with E-state index in [0.717, 1.165) is 36.7 Å². The second kappa shape index (κ2) is 6.27. The molecule has 0 saturated carbocycles. The predicted molar refractivity (Wildman–Crippen MR) is 85.3 cm³/mol. The summed E-state index contributed by atoms with van der Waals surface area (Å²) in [4.78, 5) is 12.3. The van der Waals surface area contributed by atoms with Crippen LogP contribution < -0.4 is 10.6 Å². The largest absolute Gasteiger partial charge is 0.326 e. The van der Waals surface area contributed by atoms with Crippen LogP contribution in [-0.4, -0.2) is 33.8 Å². The van der Waals surface area contributed by atoms with Gasteiger partial charge in [-0.15, -0.1) is 10.2 Å². The third-order valence-electron chi connectivity index (χ3n) is 4.28. The summed E-state index contributed by atoms with van der Waals surface area (Å²) in [6.07, 6.45) is 1.71. The first-order chi connectivity index (χ1) is 10.7. The van der Waals surface area contributed by atoms with Crippen molar-refractivity contribution in [3.05, 3.63) is 30.6 Å². The SMILES string of the molecule is CCn1cnnc1-c1cccc(NC(=O)C(C)C2CNC2)c1. The maximum atomic E-state index is 12.3. The highest BCUT2D eigenvalue weighted by molar-refractivity contribution is 5.93. The maximum Gasteiger partial charge on any atom is 0.227 e. The van der Waals surface area contributed by atoms with Gasteiger partial charge in [-0.3, -0.25) is 4.79 Å². The number of nitrogens with zero attached hydrogens (tertiary/aromatic N) is 3. The number of anilines is 1. The highest BCUT2D eigenvalue weighted by Crippen LogP contribution is 2.22. The Morgan fingerprint density at radius 3 is 3.00 bits per heavy atom. The first-order valence-corrected chi connectivity index (χ1v) is 7.69. The van der Waals surface area contributed by atoms with E-state index in [1.54, 1.807) is 6.33 Å². The lowest BCUT2D eigenvalue weighted by atomic mass is 9.88. The van der Waals surface area contributed by atoms with E-state index >= 15 is 0 Å². The number of nitrogens with one attached hydrogen (secondary N) is 2. The summed E-state index contributed by atoms with van der Waals surface area (Å²) in [6.45, 7) is 6.69. The van der Waals surface area contributed by atoms with Crippen molar-refractivity contribution in [1.29, 1.82) is 0 Å². The molecular formula is C16H21N5O. The first-order valence-electron chi connectivity index (χ1n) is 7.69. The van der Waals surface area contributed by atoms with E-state index in [1.165, 1.54) is 0 Å². The molecule has 6 nitrogen and oxygen atoms in total. The van der Waals surface area contributed by atoms with Gasteiger partial charge in [0.05, 0.1) is 0 Å². The Labute approximate surface area is 129 Å². The Morgan fingerprint density at radius 2 is 2.32 bits per heavy atom. The molecular weight excluding hydrogens is 278 g/mol. The van der Waals surface area contributed by atoms with Crippen molar-refractivity contribution < 1.29 is 4.79 Å². The summed E-state index contributed by atoms with van der Waals surface area (Å²) in [5.74, 6) is 1.34. The number of rotatable bonds is 5. The molecule has 0 radical (unpaired) electrons. The van der Waals surface area contributed by atoms with Gasteiger partial charge < -0.3 is 15.2 Å². The molecule has 1 aliphatic heterocycles. The third-order valence-corrected chi connectivity index (χ3v) is 4.28. The van der Waals surface area contributed by atoms with Crippen molar-refractivity contribution >= 4 is 11.6 Å². The van der Waals surface area contributed by atoms with E-state index in [4.69, 9.17) is 0 Å². The van der Waals surface area contributed by atoms with Crippen LogP contribution in [-0.2, 0) is 11.3 Å². The topological polar surface area (TPSA) is 71.8 Å². The van der Waals surface area contributed by atoms with Crippen LogP contribution in [0.1, 0.15) is 13.8 Å². The average Bonchev–Trinajstić information content (AvgIpc) is 2.94. The van der Waals surface area contributed by atoms with Crippen molar-refractivity contribution in [3.8, 4) is 11.4 Å². The second-order valence-corrected chi connectivity index (χ2v) is 5.72. The fraction of sp³-hybridized carbons (Fsp3) is 0.438. The molecule has 3 rings (SSSR count). The molecule has 22 heavy (non-hydrogen) atoms. The van der Waals surface area contributed by atoms with E-state index in [9.17, 15) is 4.79 Å². The molecule has 2 N–H and O–H groups in total. The van der Waals surface area contributed by atoms with Gasteiger partial charge in [0, 0.05) is 23.7 Å². The molecule has 2 aromatic rings. The first kappa shape index (κ1) is 14.7. The normalized spacial score (nSPS) is 16.1. The molecule has 1 aromatic carbocycles.